The molecule has 1 amide bonds. The van der Waals surface area contributed by atoms with Crippen LogP contribution in [0.5, 0.6) is 0 Å². The smallest absolute Gasteiger partial charge is 0.322 e. The van der Waals surface area contributed by atoms with E-state index in [0.29, 0.717) is 5.89 Å². The van der Waals surface area contributed by atoms with Gasteiger partial charge in [0, 0.05) is 10.9 Å². The van der Waals surface area contributed by atoms with Crippen LogP contribution >= 0.6 is 11.3 Å². The van der Waals surface area contributed by atoms with Gasteiger partial charge in [-0.05, 0) is 22.6 Å². The third kappa shape index (κ3) is 3.41. The summed E-state index contributed by atoms with van der Waals surface area (Å²) in [5.74, 6) is -0.297. The Morgan fingerprint density at radius 2 is 1.58 bits per heavy atom. The highest BCUT2D eigenvalue weighted by atomic mass is 32.1. The van der Waals surface area contributed by atoms with Crippen LogP contribution in [0.4, 0.5) is 6.01 Å². The van der Waals surface area contributed by atoms with Crippen LogP contribution in [0, 0.1) is 0 Å². The first kappa shape index (κ1) is 16.2. The molecule has 2 heterocycles. The van der Waals surface area contributed by atoms with E-state index in [9.17, 15) is 4.79 Å². The highest BCUT2D eigenvalue weighted by Gasteiger charge is 2.24. The van der Waals surface area contributed by atoms with Gasteiger partial charge in [0.2, 0.25) is 5.91 Å². The number of carbonyl (C=O) groups excluding carboxylic acids is 1. The SMILES string of the molecule is O=C(Nc1nnc(-c2ccsc2)o1)C(c1ccccc1)c1ccccc1. The minimum atomic E-state index is -0.464. The van der Waals surface area contributed by atoms with E-state index in [1.165, 1.54) is 0 Å². The second-order valence-electron chi connectivity index (χ2n) is 5.67. The summed E-state index contributed by atoms with van der Waals surface area (Å²) in [6.45, 7) is 0. The van der Waals surface area contributed by atoms with Crippen LogP contribution in [0.25, 0.3) is 11.5 Å². The van der Waals surface area contributed by atoms with Gasteiger partial charge >= 0.3 is 6.01 Å². The van der Waals surface area contributed by atoms with Crippen molar-refractivity contribution in [2.45, 2.75) is 5.92 Å². The lowest BCUT2D eigenvalue weighted by Gasteiger charge is -2.16. The van der Waals surface area contributed by atoms with E-state index in [1.54, 1.807) is 11.3 Å². The highest BCUT2D eigenvalue weighted by Crippen LogP contribution is 2.27. The van der Waals surface area contributed by atoms with Crippen molar-refractivity contribution in [1.29, 1.82) is 0 Å². The molecule has 4 rings (SSSR count). The average Bonchev–Trinajstić information content (AvgIpc) is 3.35. The lowest BCUT2D eigenvalue weighted by molar-refractivity contribution is -0.116. The largest absolute Gasteiger partial charge is 0.403 e. The van der Waals surface area contributed by atoms with Crippen LogP contribution in [0.3, 0.4) is 0 Å². The van der Waals surface area contributed by atoms with Crippen molar-refractivity contribution in [1.82, 2.24) is 10.2 Å². The molecular weight excluding hydrogens is 346 g/mol. The fourth-order valence-electron chi connectivity index (χ4n) is 2.74. The topological polar surface area (TPSA) is 68.0 Å². The Bertz CT molecular complexity index is 943. The number of hydrogen-bond acceptors (Lipinski definition) is 5. The molecule has 0 saturated carbocycles. The molecule has 5 nitrogen and oxygen atoms in total. The minimum Gasteiger partial charge on any atom is -0.403 e. The van der Waals surface area contributed by atoms with Crippen LogP contribution in [-0.4, -0.2) is 16.1 Å². The first-order valence-corrected chi connectivity index (χ1v) is 9.02. The minimum absolute atomic E-state index is 0.0908. The molecule has 4 aromatic rings. The Labute approximate surface area is 154 Å². The van der Waals surface area contributed by atoms with Crippen molar-refractivity contribution in [3.05, 3.63) is 88.6 Å². The second-order valence-corrected chi connectivity index (χ2v) is 6.45. The van der Waals surface area contributed by atoms with Crippen LogP contribution < -0.4 is 5.32 Å². The summed E-state index contributed by atoms with van der Waals surface area (Å²) in [6.07, 6.45) is 0. The van der Waals surface area contributed by atoms with Gasteiger partial charge in [0.25, 0.3) is 5.89 Å². The molecule has 1 N–H and O–H groups in total. The van der Waals surface area contributed by atoms with E-state index in [-0.39, 0.29) is 11.9 Å². The zero-order valence-corrected chi connectivity index (χ0v) is 14.5. The van der Waals surface area contributed by atoms with Gasteiger partial charge in [-0.15, -0.1) is 5.10 Å². The lowest BCUT2D eigenvalue weighted by atomic mass is 9.90. The van der Waals surface area contributed by atoms with Crippen molar-refractivity contribution < 1.29 is 9.21 Å². The normalized spacial score (nSPS) is 10.8. The molecule has 0 atom stereocenters. The Hall–Kier alpha value is -3.25. The van der Waals surface area contributed by atoms with Crippen LogP contribution in [0.1, 0.15) is 17.0 Å². The standard InChI is InChI=1S/C20H15N3O2S/c24-18(21-20-23-22-19(25-20)16-11-12-26-13-16)17(14-7-3-1-4-8-14)15-9-5-2-6-10-15/h1-13,17H,(H,21,23,24). The third-order valence-electron chi connectivity index (χ3n) is 3.95. The number of anilines is 1. The predicted molar refractivity (Wildman–Crippen MR) is 101 cm³/mol. The van der Waals surface area contributed by atoms with E-state index in [1.807, 2.05) is 77.5 Å². The summed E-state index contributed by atoms with van der Waals surface area (Å²) < 4.78 is 5.57. The second kappa shape index (κ2) is 7.33. The molecule has 0 aliphatic carbocycles. The monoisotopic (exact) mass is 361 g/mol. The van der Waals surface area contributed by atoms with Gasteiger partial charge < -0.3 is 4.42 Å². The van der Waals surface area contributed by atoms with E-state index < -0.39 is 5.92 Å². The van der Waals surface area contributed by atoms with Crippen molar-refractivity contribution in [3.63, 3.8) is 0 Å². The summed E-state index contributed by atoms with van der Waals surface area (Å²) >= 11 is 1.54. The molecule has 0 spiro atoms. The van der Waals surface area contributed by atoms with Crippen molar-refractivity contribution in [2.24, 2.45) is 0 Å². The number of rotatable bonds is 5. The maximum absolute atomic E-state index is 13.0. The van der Waals surface area contributed by atoms with Crippen molar-refractivity contribution in [2.75, 3.05) is 5.32 Å². The van der Waals surface area contributed by atoms with E-state index in [4.69, 9.17) is 4.42 Å². The van der Waals surface area contributed by atoms with Crippen molar-refractivity contribution >= 4 is 23.3 Å². The molecule has 0 saturated heterocycles. The molecule has 0 bridgehead atoms. The number of amides is 1. The van der Waals surface area contributed by atoms with Gasteiger partial charge in [0.1, 0.15) is 0 Å². The first-order chi connectivity index (χ1) is 12.8. The van der Waals surface area contributed by atoms with Gasteiger partial charge in [0.05, 0.1) is 5.92 Å². The summed E-state index contributed by atoms with van der Waals surface area (Å²) in [7, 11) is 0. The quantitative estimate of drug-likeness (QED) is 0.565. The van der Waals surface area contributed by atoms with E-state index in [2.05, 4.69) is 15.5 Å². The number of nitrogens with one attached hydrogen (secondary N) is 1. The first-order valence-electron chi connectivity index (χ1n) is 8.08. The predicted octanol–water partition coefficient (Wildman–Crippen LogP) is 4.57. The zero-order valence-electron chi connectivity index (χ0n) is 13.7. The summed E-state index contributed by atoms with van der Waals surface area (Å²) in [4.78, 5) is 13.0. The van der Waals surface area contributed by atoms with Gasteiger partial charge in [0.15, 0.2) is 0 Å². The number of nitrogens with zero attached hydrogens (tertiary/aromatic N) is 2. The fourth-order valence-corrected chi connectivity index (χ4v) is 3.37. The molecule has 26 heavy (non-hydrogen) atoms. The average molecular weight is 361 g/mol. The molecule has 128 valence electrons. The molecular formula is C20H15N3O2S. The maximum Gasteiger partial charge on any atom is 0.322 e. The number of hydrogen-bond donors (Lipinski definition) is 1. The van der Waals surface area contributed by atoms with E-state index in [0.717, 1.165) is 16.7 Å². The summed E-state index contributed by atoms with van der Waals surface area (Å²) in [5.41, 5.74) is 2.63. The lowest BCUT2D eigenvalue weighted by Crippen LogP contribution is -2.22. The number of benzene rings is 2. The number of carbonyl (C=O) groups is 1. The van der Waals surface area contributed by atoms with E-state index >= 15 is 0 Å². The molecule has 0 aliphatic heterocycles. The van der Waals surface area contributed by atoms with Crippen molar-refractivity contribution in [3.8, 4) is 11.5 Å². The molecule has 2 aromatic carbocycles. The maximum atomic E-state index is 13.0. The Kier molecular flexibility index (Phi) is 4.57. The van der Waals surface area contributed by atoms with Crippen LogP contribution in [0.2, 0.25) is 0 Å². The highest BCUT2D eigenvalue weighted by molar-refractivity contribution is 7.08. The van der Waals surface area contributed by atoms with Crippen LogP contribution in [0.15, 0.2) is 81.9 Å². The zero-order chi connectivity index (χ0) is 17.8. The molecule has 2 aromatic heterocycles. The Morgan fingerprint density at radius 3 is 2.15 bits per heavy atom. The number of aromatic nitrogens is 2. The van der Waals surface area contributed by atoms with Gasteiger partial charge in [-0.25, -0.2) is 0 Å². The van der Waals surface area contributed by atoms with Crippen LogP contribution in [-0.2, 0) is 4.79 Å². The number of thiophene rings is 1. The van der Waals surface area contributed by atoms with Gasteiger partial charge in [-0.2, -0.15) is 11.3 Å². The molecule has 0 radical (unpaired) electrons. The Balaban J connectivity index is 1.61. The molecule has 0 unspecified atom stereocenters. The molecule has 0 aliphatic rings. The third-order valence-corrected chi connectivity index (χ3v) is 4.63. The summed E-state index contributed by atoms with van der Waals surface area (Å²) in [5, 5.41) is 14.5. The van der Waals surface area contributed by atoms with Gasteiger partial charge in [-0.1, -0.05) is 65.8 Å². The fraction of sp³-hybridized carbons (Fsp3) is 0.0500. The molecule has 6 heteroatoms. The van der Waals surface area contributed by atoms with Gasteiger partial charge in [-0.3, -0.25) is 10.1 Å². The summed E-state index contributed by atoms with van der Waals surface area (Å²) in [6, 6.07) is 21.2. The molecule has 0 fully saturated rings. The Morgan fingerprint density at radius 1 is 0.923 bits per heavy atom.